The summed E-state index contributed by atoms with van der Waals surface area (Å²) in [6, 6.07) is 7.92. The minimum Gasteiger partial charge on any atom is -0.376 e. The molecule has 4 rings (SSSR count). The highest BCUT2D eigenvalue weighted by atomic mass is 16.5. The van der Waals surface area contributed by atoms with Crippen LogP contribution in [-0.2, 0) is 4.74 Å². The fourth-order valence-corrected chi connectivity index (χ4v) is 3.49. The standard InChI is InChI=1S/C17H21N5O2/c1-11-8-22-9-12(6-13(22)10-24-11)19-17(23)16-7-15(20-21-16)14-4-2-3-5-18-14/h2-5,7,11-13H,6,8-10H2,1H3,(H,19,23)(H,20,21). The molecule has 0 spiro atoms. The zero-order valence-corrected chi connectivity index (χ0v) is 13.6. The molecule has 24 heavy (non-hydrogen) atoms. The van der Waals surface area contributed by atoms with E-state index < -0.39 is 0 Å². The van der Waals surface area contributed by atoms with Gasteiger partial charge >= 0.3 is 0 Å². The van der Waals surface area contributed by atoms with Gasteiger partial charge in [-0.25, -0.2) is 0 Å². The van der Waals surface area contributed by atoms with Gasteiger partial charge in [0.1, 0.15) is 11.4 Å². The number of hydrogen-bond donors (Lipinski definition) is 2. The third-order valence-corrected chi connectivity index (χ3v) is 4.68. The molecular formula is C17H21N5O2. The maximum absolute atomic E-state index is 12.5. The smallest absolute Gasteiger partial charge is 0.269 e. The second-order valence-electron chi connectivity index (χ2n) is 6.54. The first-order chi connectivity index (χ1) is 11.7. The van der Waals surface area contributed by atoms with E-state index in [2.05, 4.69) is 32.3 Å². The summed E-state index contributed by atoms with van der Waals surface area (Å²) in [5.41, 5.74) is 1.88. The normalized spacial score (nSPS) is 27.0. The number of aromatic amines is 1. The topological polar surface area (TPSA) is 83.1 Å². The van der Waals surface area contributed by atoms with Gasteiger partial charge in [-0.05, 0) is 31.5 Å². The summed E-state index contributed by atoms with van der Waals surface area (Å²) in [4.78, 5) is 19.1. The van der Waals surface area contributed by atoms with E-state index >= 15 is 0 Å². The summed E-state index contributed by atoms with van der Waals surface area (Å²) in [6.07, 6.45) is 2.91. The Kier molecular flexibility index (Phi) is 4.03. The first kappa shape index (κ1) is 15.3. The molecule has 3 atom stereocenters. The van der Waals surface area contributed by atoms with Crippen molar-refractivity contribution in [2.75, 3.05) is 19.7 Å². The van der Waals surface area contributed by atoms with Gasteiger partial charge in [0.05, 0.1) is 18.4 Å². The molecule has 0 saturated carbocycles. The Hall–Kier alpha value is -2.25. The van der Waals surface area contributed by atoms with Crippen LogP contribution in [0.1, 0.15) is 23.8 Å². The molecule has 2 aromatic rings. The van der Waals surface area contributed by atoms with Gasteiger partial charge in [-0.1, -0.05) is 6.07 Å². The van der Waals surface area contributed by atoms with Crippen molar-refractivity contribution in [3.8, 4) is 11.4 Å². The third-order valence-electron chi connectivity index (χ3n) is 4.68. The number of nitrogens with one attached hydrogen (secondary N) is 2. The fourth-order valence-electron chi connectivity index (χ4n) is 3.49. The van der Waals surface area contributed by atoms with Crippen molar-refractivity contribution in [3.05, 3.63) is 36.2 Å². The van der Waals surface area contributed by atoms with Crippen LogP contribution >= 0.6 is 0 Å². The van der Waals surface area contributed by atoms with Crippen molar-refractivity contribution < 1.29 is 9.53 Å². The van der Waals surface area contributed by atoms with Gasteiger partial charge < -0.3 is 10.1 Å². The van der Waals surface area contributed by atoms with Crippen molar-refractivity contribution in [3.63, 3.8) is 0 Å². The first-order valence-electron chi connectivity index (χ1n) is 8.32. The first-order valence-corrected chi connectivity index (χ1v) is 8.32. The third kappa shape index (κ3) is 3.05. The molecule has 3 unspecified atom stereocenters. The monoisotopic (exact) mass is 327 g/mol. The Morgan fingerprint density at radius 1 is 1.38 bits per heavy atom. The van der Waals surface area contributed by atoms with Gasteiger partial charge in [0, 0.05) is 31.4 Å². The lowest BCUT2D eigenvalue weighted by Crippen LogP contribution is -2.45. The number of morpholine rings is 1. The van der Waals surface area contributed by atoms with Crippen LogP contribution < -0.4 is 5.32 Å². The predicted molar refractivity (Wildman–Crippen MR) is 88.5 cm³/mol. The number of fused-ring (bicyclic) bond motifs is 1. The number of rotatable bonds is 3. The lowest BCUT2D eigenvalue weighted by atomic mass is 10.1. The van der Waals surface area contributed by atoms with Crippen LogP contribution in [0.3, 0.4) is 0 Å². The van der Waals surface area contributed by atoms with Crippen molar-refractivity contribution in [1.29, 1.82) is 0 Å². The molecule has 2 aromatic heterocycles. The Morgan fingerprint density at radius 3 is 3.12 bits per heavy atom. The van der Waals surface area contributed by atoms with Crippen molar-refractivity contribution >= 4 is 5.91 Å². The molecule has 7 heteroatoms. The van der Waals surface area contributed by atoms with Gasteiger partial charge in [0.15, 0.2) is 0 Å². The fraction of sp³-hybridized carbons (Fsp3) is 0.471. The summed E-state index contributed by atoms with van der Waals surface area (Å²) in [5, 5.41) is 10.1. The second-order valence-corrected chi connectivity index (χ2v) is 6.54. The van der Waals surface area contributed by atoms with Gasteiger partial charge in [0.2, 0.25) is 0 Å². The van der Waals surface area contributed by atoms with E-state index in [0.29, 0.717) is 17.4 Å². The number of carbonyl (C=O) groups excluding carboxylic acids is 1. The van der Waals surface area contributed by atoms with Crippen molar-refractivity contribution in [1.82, 2.24) is 25.4 Å². The minimum absolute atomic E-state index is 0.122. The molecule has 1 amide bonds. The quantitative estimate of drug-likeness (QED) is 0.881. The lowest BCUT2D eigenvalue weighted by molar-refractivity contribution is -0.0390. The number of nitrogens with zero attached hydrogens (tertiary/aromatic N) is 3. The molecule has 2 N–H and O–H groups in total. The number of hydrogen-bond acceptors (Lipinski definition) is 5. The Bertz CT molecular complexity index is 717. The highest BCUT2D eigenvalue weighted by Crippen LogP contribution is 2.23. The van der Waals surface area contributed by atoms with Crippen LogP contribution in [0.15, 0.2) is 30.5 Å². The number of H-pyrrole nitrogens is 1. The molecule has 2 saturated heterocycles. The van der Waals surface area contributed by atoms with Crippen LogP contribution in [0.4, 0.5) is 0 Å². The van der Waals surface area contributed by atoms with Gasteiger partial charge in [-0.15, -0.1) is 0 Å². The van der Waals surface area contributed by atoms with E-state index in [0.717, 1.165) is 31.8 Å². The van der Waals surface area contributed by atoms with Gasteiger partial charge in [-0.3, -0.25) is 19.8 Å². The largest absolute Gasteiger partial charge is 0.376 e. The van der Waals surface area contributed by atoms with E-state index in [9.17, 15) is 4.79 Å². The number of ether oxygens (including phenoxy) is 1. The molecule has 2 aliphatic rings. The maximum atomic E-state index is 12.5. The molecule has 7 nitrogen and oxygen atoms in total. The number of carbonyl (C=O) groups is 1. The van der Waals surface area contributed by atoms with E-state index in [4.69, 9.17) is 4.74 Å². The number of aromatic nitrogens is 3. The zero-order chi connectivity index (χ0) is 16.5. The molecule has 0 aromatic carbocycles. The molecule has 126 valence electrons. The predicted octanol–water partition coefficient (Wildman–Crippen LogP) is 1.06. The maximum Gasteiger partial charge on any atom is 0.269 e. The van der Waals surface area contributed by atoms with Crippen LogP contribution in [0.25, 0.3) is 11.4 Å². The average Bonchev–Trinajstić information content (AvgIpc) is 3.22. The molecule has 2 aliphatic heterocycles. The minimum atomic E-state index is -0.122. The van der Waals surface area contributed by atoms with Crippen LogP contribution in [-0.4, -0.2) is 63.9 Å². The zero-order valence-electron chi connectivity index (χ0n) is 13.6. The molecule has 0 aliphatic carbocycles. The van der Waals surface area contributed by atoms with Gasteiger partial charge in [0.25, 0.3) is 5.91 Å². The van der Waals surface area contributed by atoms with Crippen LogP contribution in [0, 0.1) is 0 Å². The van der Waals surface area contributed by atoms with Crippen LogP contribution in [0.2, 0.25) is 0 Å². The van der Waals surface area contributed by atoms with Crippen molar-refractivity contribution in [2.45, 2.75) is 31.5 Å². The molecular weight excluding hydrogens is 306 g/mol. The summed E-state index contributed by atoms with van der Waals surface area (Å²) >= 11 is 0. The van der Waals surface area contributed by atoms with E-state index in [1.807, 2.05) is 18.2 Å². The highest BCUT2D eigenvalue weighted by Gasteiger charge is 2.36. The SMILES string of the molecule is CC1CN2CC(NC(=O)c3cc(-c4ccccn4)n[nH]3)CC2CO1. The summed E-state index contributed by atoms with van der Waals surface area (Å²) < 4.78 is 5.70. The van der Waals surface area contributed by atoms with Crippen molar-refractivity contribution in [2.24, 2.45) is 0 Å². The Balaban J connectivity index is 1.40. The summed E-state index contributed by atoms with van der Waals surface area (Å²) in [5.74, 6) is -0.122. The Morgan fingerprint density at radius 2 is 2.29 bits per heavy atom. The second kappa shape index (κ2) is 6.33. The van der Waals surface area contributed by atoms with E-state index in [-0.39, 0.29) is 18.1 Å². The molecule has 0 radical (unpaired) electrons. The number of pyridine rings is 1. The molecule has 4 heterocycles. The average molecular weight is 327 g/mol. The van der Waals surface area contributed by atoms with E-state index in [1.54, 1.807) is 12.3 Å². The molecule has 2 fully saturated rings. The van der Waals surface area contributed by atoms with Crippen LogP contribution in [0.5, 0.6) is 0 Å². The lowest BCUT2D eigenvalue weighted by Gasteiger charge is -2.33. The summed E-state index contributed by atoms with van der Waals surface area (Å²) in [7, 11) is 0. The highest BCUT2D eigenvalue weighted by molar-refractivity contribution is 5.93. The van der Waals surface area contributed by atoms with Gasteiger partial charge in [-0.2, -0.15) is 5.10 Å². The van der Waals surface area contributed by atoms with E-state index in [1.165, 1.54) is 0 Å². The summed E-state index contributed by atoms with van der Waals surface area (Å²) in [6.45, 7) is 4.66. The molecule has 0 bridgehead atoms. The Labute approximate surface area is 140 Å². The number of amides is 1.